The van der Waals surface area contributed by atoms with Crippen LogP contribution in [0.2, 0.25) is 0 Å². The van der Waals surface area contributed by atoms with Crippen molar-refractivity contribution in [2.45, 2.75) is 77.7 Å². The highest BCUT2D eigenvalue weighted by atomic mass is 16.8. The summed E-state index contributed by atoms with van der Waals surface area (Å²) in [6.45, 7) is 9.32. The number of hydrogen-bond donors (Lipinski definition) is 0. The normalized spacial score (nSPS) is 29.8. The molecule has 1 aliphatic carbocycles. The summed E-state index contributed by atoms with van der Waals surface area (Å²) in [6.07, 6.45) is 1.38. The van der Waals surface area contributed by atoms with E-state index in [0.717, 1.165) is 17.6 Å². The van der Waals surface area contributed by atoms with Crippen LogP contribution in [0.15, 0.2) is 24.3 Å². The molecule has 2 fully saturated rings. The maximum Gasteiger partial charge on any atom is 0.311 e. The number of carbonyl (C=O) groups is 2. The molecular weight excluding hydrogens is 400 g/mol. The van der Waals surface area contributed by atoms with Gasteiger partial charge in [0.1, 0.15) is 24.2 Å². The summed E-state index contributed by atoms with van der Waals surface area (Å²) in [5.41, 5.74) is -0.717. The molecule has 2 aliphatic rings. The van der Waals surface area contributed by atoms with Gasteiger partial charge in [0.15, 0.2) is 5.79 Å². The Morgan fingerprint density at radius 3 is 2.45 bits per heavy atom. The summed E-state index contributed by atoms with van der Waals surface area (Å²) in [5, 5.41) is 0. The van der Waals surface area contributed by atoms with Crippen molar-refractivity contribution in [1.29, 1.82) is 0 Å². The minimum atomic E-state index is -0.993. The zero-order valence-electron chi connectivity index (χ0n) is 19.3. The number of benzene rings is 1. The van der Waals surface area contributed by atoms with Gasteiger partial charge in [-0.1, -0.05) is 12.1 Å². The molecule has 0 radical (unpaired) electrons. The fourth-order valence-corrected chi connectivity index (χ4v) is 4.18. The molecule has 1 saturated carbocycles. The van der Waals surface area contributed by atoms with Crippen molar-refractivity contribution in [3.63, 3.8) is 0 Å². The number of rotatable bonds is 7. The van der Waals surface area contributed by atoms with Crippen LogP contribution in [0.5, 0.6) is 5.75 Å². The molecule has 1 saturated heterocycles. The van der Waals surface area contributed by atoms with E-state index in [-0.39, 0.29) is 25.3 Å². The SMILES string of the molecule is COc1ccc(CO[C@@]2(COC(=O)C(C)(C)C)CC[C@@H]3OC(C)(C)O[C@@H]3[C@H]2C=O)cc1. The first-order valence-corrected chi connectivity index (χ1v) is 10.7. The Labute approximate surface area is 184 Å². The van der Waals surface area contributed by atoms with Gasteiger partial charge in [0.25, 0.3) is 0 Å². The van der Waals surface area contributed by atoms with E-state index >= 15 is 0 Å². The lowest BCUT2D eigenvalue weighted by molar-refractivity contribution is -0.198. The second-order valence-electron chi connectivity index (χ2n) is 9.87. The van der Waals surface area contributed by atoms with Gasteiger partial charge in [-0.05, 0) is 65.2 Å². The zero-order chi connectivity index (χ0) is 22.9. The van der Waals surface area contributed by atoms with Gasteiger partial charge < -0.3 is 28.5 Å². The van der Waals surface area contributed by atoms with E-state index in [1.807, 2.05) is 38.1 Å². The lowest BCUT2D eigenvalue weighted by atomic mass is 9.73. The number of fused-ring (bicyclic) bond motifs is 1. The van der Waals surface area contributed by atoms with Crippen molar-refractivity contribution in [2.75, 3.05) is 13.7 Å². The predicted molar refractivity (Wildman–Crippen MR) is 114 cm³/mol. The molecule has 7 heteroatoms. The summed E-state index contributed by atoms with van der Waals surface area (Å²) in [5.74, 6) is -0.984. The molecule has 0 aromatic heterocycles. The number of aldehydes is 1. The molecular formula is C24H34O7. The number of esters is 1. The van der Waals surface area contributed by atoms with E-state index in [1.54, 1.807) is 27.9 Å². The molecule has 1 aromatic carbocycles. The Kier molecular flexibility index (Phi) is 6.79. The van der Waals surface area contributed by atoms with E-state index in [4.69, 9.17) is 23.7 Å². The molecule has 0 spiro atoms. The van der Waals surface area contributed by atoms with Crippen LogP contribution in [0.3, 0.4) is 0 Å². The molecule has 0 amide bonds. The van der Waals surface area contributed by atoms with Crippen LogP contribution >= 0.6 is 0 Å². The first kappa shape index (κ1) is 23.7. The fraction of sp³-hybridized carbons (Fsp3) is 0.667. The minimum Gasteiger partial charge on any atom is -0.497 e. The average Bonchev–Trinajstić information content (AvgIpc) is 3.03. The van der Waals surface area contributed by atoms with E-state index in [2.05, 4.69) is 0 Å². The van der Waals surface area contributed by atoms with Crippen molar-refractivity contribution in [2.24, 2.45) is 11.3 Å². The molecule has 1 aromatic rings. The summed E-state index contributed by atoms with van der Waals surface area (Å²) in [4.78, 5) is 24.8. The highest BCUT2D eigenvalue weighted by Gasteiger charge is 2.57. The lowest BCUT2D eigenvalue weighted by Crippen LogP contribution is -2.57. The molecule has 0 bridgehead atoms. The third-order valence-electron chi connectivity index (χ3n) is 5.93. The van der Waals surface area contributed by atoms with Crippen LogP contribution in [0.4, 0.5) is 0 Å². The van der Waals surface area contributed by atoms with Crippen molar-refractivity contribution in [1.82, 2.24) is 0 Å². The topological polar surface area (TPSA) is 80.3 Å². The van der Waals surface area contributed by atoms with Crippen molar-refractivity contribution < 1.29 is 33.3 Å². The van der Waals surface area contributed by atoms with E-state index in [0.29, 0.717) is 12.8 Å². The van der Waals surface area contributed by atoms with Gasteiger partial charge in [0, 0.05) is 0 Å². The highest BCUT2D eigenvalue weighted by molar-refractivity contribution is 5.75. The summed E-state index contributed by atoms with van der Waals surface area (Å²) >= 11 is 0. The van der Waals surface area contributed by atoms with Crippen LogP contribution in [-0.4, -0.2) is 49.6 Å². The molecule has 0 unspecified atom stereocenters. The number of ether oxygens (including phenoxy) is 5. The molecule has 7 nitrogen and oxygen atoms in total. The van der Waals surface area contributed by atoms with Crippen LogP contribution in [-0.2, 0) is 35.1 Å². The maximum atomic E-state index is 12.5. The Bertz CT molecular complexity index is 780. The van der Waals surface area contributed by atoms with Crippen LogP contribution in [0.25, 0.3) is 0 Å². The minimum absolute atomic E-state index is 0.0182. The average molecular weight is 435 g/mol. The number of carbonyl (C=O) groups excluding carboxylic acids is 2. The van der Waals surface area contributed by atoms with Crippen LogP contribution < -0.4 is 4.74 Å². The molecule has 172 valence electrons. The lowest BCUT2D eigenvalue weighted by Gasteiger charge is -2.45. The molecule has 1 heterocycles. The third-order valence-corrected chi connectivity index (χ3v) is 5.93. The van der Waals surface area contributed by atoms with Gasteiger partial charge in [-0.15, -0.1) is 0 Å². The second kappa shape index (κ2) is 8.88. The van der Waals surface area contributed by atoms with Crippen LogP contribution in [0, 0.1) is 11.3 Å². The number of hydrogen-bond acceptors (Lipinski definition) is 7. The van der Waals surface area contributed by atoms with Gasteiger partial charge in [0.2, 0.25) is 0 Å². The van der Waals surface area contributed by atoms with Gasteiger partial charge in [-0.2, -0.15) is 0 Å². The smallest absolute Gasteiger partial charge is 0.311 e. The first-order valence-electron chi connectivity index (χ1n) is 10.7. The van der Waals surface area contributed by atoms with Gasteiger partial charge >= 0.3 is 5.97 Å². The van der Waals surface area contributed by atoms with Crippen molar-refractivity contribution >= 4 is 12.3 Å². The van der Waals surface area contributed by atoms with Crippen molar-refractivity contribution in [3.05, 3.63) is 29.8 Å². The standard InChI is InChI=1S/C24H34O7/c1-22(2,3)21(26)28-15-24(29-14-16-7-9-17(27-6)10-8-16)12-11-19-20(18(24)13-25)31-23(4,5)30-19/h7-10,13,18-20H,11-12,14-15H2,1-6H3/t18-,19+,20-,24-/m1/s1. The highest BCUT2D eigenvalue weighted by Crippen LogP contribution is 2.46. The number of methoxy groups -OCH3 is 1. The zero-order valence-corrected chi connectivity index (χ0v) is 19.3. The largest absolute Gasteiger partial charge is 0.497 e. The van der Waals surface area contributed by atoms with E-state index < -0.39 is 28.8 Å². The third kappa shape index (κ3) is 5.27. The quantitative estimate of drug-likeness (QED) is 0.478. The monoisotopic (exact) mass is 434 g/mol. The molecule has 3 rings (SSSR count). The fourth-order valence-electron chi connectivity index (χ4n) is 4.18. The van der Waals surface area contributed by atoms with E-state index in [9.17, 15) is 9.59 Å². The first-order chi connectivity index (χ1) is 14.5. The summed E-state index contributed by atoms with van der Waals surface area (Å²) in [7, 11) is 1.61. The van der Waals surface area contributed by atoms with Gasteiger partial charge in [-0.25, -0.2) is 0 Å². The molecule has 0 N–H and O–H groups in total. The Hall–Kier alpha value is -1.96. The maximum absolute atomic E-state index is 12.5. The Balaban J connectivity index is 1.84. The Morgan fingerprint density at radius 2 is 1.87 bits per heavy atom. The molecule has 4 atom stereocenters. The van der Waals surface area contributed by atoms with Crippen LogP contribution in [0.1, 0.15) is 53.0 Å². The molecule has 31 heavy (non-hydrogen) atoms. The van der Waals surface area contributed by atoms with Gasteiger partial charge in [0.05, 0.1) is 37.3 Å². The van der Waals surface area contributed by atoms with Gasteiger partial charge in [-0.3, -0.25) is 4.79 Å². The predicted octanol–water partition coefficient (Wildman–Crippen LogP) is 3.67. The Morgan fingerprint density at radius 1 is 1.19 bits per heavy atom. The summed E-state index contributed by atoms with van der Waals surface area (Å²) < 4.78 is 29.3. The molecule has 1 aliphatic heterocycles. The van der Waals surface area contributed by atoms with E-state index in [1.165, 1.54) is 0 Å². The second-order valence-corrected chi connectivity index (χ2v) is 9.87. The summed E-state index contributed by atoms with van der Waals surface area (Å²) in [6, 6.07) is 7.53. The van der Waals surface area contributed by atoms with Crippen molar-refractivity contribution in [3.8, 4) is 5.75 Å².